The first-order chi connectivity index (χ1) is 15.3. The number of aromatic nitrogens is 1. The molecule has 1 atom stereocenters. The first-order valence-electron chi connectivity index (χ1n) is 9.54. The van der Waals surface area contributed by atoms with E-state index >= 15 is 0 Å². The van der Waals surface area contributed by atoms with Crippen molar-refractivity contribution in [3.8, 4) is 5.75 Å². The number of carbonyl (C=O) groups excluding carboxylic acids is 1. The van der Waals surface area contributed by atoms with Crippen molar-refractivity contribution in [3.63, 3.8) is 0 Å². The molecule has 0 N–H and O–H groups in total. The molecule has 0 fully saturated rings. The smallest absolute Gasteiger partial charge is 0.338 e. The number of thiazole rings is 1. The minimum absolute atomic E-state index is 0.241. The summed E-state index contributed by atoms with van der Waals surface area (Å²) < 4.78 is 14.2. The Kier molecular flexibility index (Phi) is 6.50. The average molecular weight is 578 g/mol. The van der Waals surface area contributed by atoms with Gasteiger partial charge in [-0.2, -0.15) is 0 Å². The normalized spacial score (nSPS) is 15.9. The van der Waals surface area contributed by atoms with E-state index in [0.717, 1.165) is 20.1 Å². The SMILES string of the molecule is COC(=O)C1=C(C)N=c2sc(=Cc3cc(Br)cc(Br)c3OC)c(=O)n2C1c1ccccc1. The molecule has 0 saturated heterocycles. The van der Waals surface area contributed by atoms with Crippen molar-refractivity contribution in [1.82, 2.24) is 4.57 Å². The zero-order chi connectivity index (χ0) is 23.0. The number of halogens is 2. The summed E-state index contributed by atoms with van der Waals surface area (Å²) in [5.74, 6) is 0.108. The van der Waals surface area contributed by atoms with Gasteiger partial charge >= 0.3 is 5.97 Å². The predicted octanol–water partition coefficient (Wildman–Crippen LogP) is 3.94. The lowest BCUT2D eigenvalue weighted by Gasteiger charge is -2.24. The lowest BCUT2D eigenvalue weighted by molar-refractivity contribution is -0.136. The molecule has 4 rings (SSSR count). The minimum Gasteiger partial charge on any atom is -0.495 e. The molecular formula is C23H18Br2N2O4S. The minimum atomic E-state index is -0.627. The highest BCUT2D eigenvalue weighted by Gasteiger charge is 2.32. The highest BCUT2D eigenvalue weighted by atomic mass is 79.9. The van der Waals surface area contributed by atoms with Crippen LogP contribution >= 0.6 is 43.2 Å². The van der Waals surface area contributed by atoms with Crippen molar-refractivity contribution >= 4 is 55.2 Å². The van der Waals surface area contributed by atoms with Crippen LogP contribution in [0.1, 0.15) is 24.1 Å². The molecule has 9 heteroatoms. The fraction of sp³-hybridized carbons (Fsp3) is 0.174. The molecule has 2 heterocycles. The van der Waals surface area contributed by atoms with Crippen LogP contribution in [0.15, 0.2) is 72.5 Å². The second kappa shape index (κ2) is 9.17. The summed E-state index contributed by atoms with van der Waals surface area (Å²) in [6, 6.07) is 12.5. The molecule has 32 heavy (non-hydrogen) atoms. The fourth-order valence-electron chi connectivity index (χ4n) is 3.69. The monoisotopic (exact) mass is 576 g/mol. The van der Waals surface area contributed by atoms with E-state index in [1.165, 1.54) is 18.4 Å². The van der Waals surface area contributed by atoms with Gasteiger partial charge in [-0.05, 0) is 46.6 Å². The maximum atomic E-state index is 13.6. The Hall–Kier alpha value is -2.49. The van der Waals surface area contributed by atoms with Crippen molar-refractivity contribution in [2.75, 3.05) is 14.2 Å². The summed E-state index contributed by atoms with van der Waals surface area (Å²) in [4.78, 5) is 31.3. The molecule has 164 valence electrons. The van der Waals surface area contributed by atoms with Crippen LogP contribution < -0.4 is 19.6 Å². The number of benzene rings is 2. The van der Waals surface area contributed by atoms with Crippen molar-refractivity contribution in [1.29, 1.82) is 0 Å². The van der Waals surface area contributed by atoms with Crippen molar-refractivity contribution < 1.29 is 14.3 Å². The summed E-state index contributed by atoms with van der Waals surface area (Å²) in [6.45, 7) is 1.76. The Bertz CT molecular complexity index is 1420. The average Bonchev–Trinajstić information content (AvgIpc) is 3.07. The van der Waals surface area contributed by atoms with Crippen LogP contribution in [0.3, 0.4) is 0 Å². The summed E-state index contributed by atoms with van der Waals surface area (Å²) in [5.41, 5.74) is 2.17. The molecule has 0 bridgehead atoms. The summed E-state index contributed by atoms with van der Waals surface area (Å²) in [5, 5.41) is 0. The predicted molar refractivity (Wildman–Crippen MR) is 131 cm³/mol. The highest BCUT2D eigenvalue weighted by molar-refractivity contribution is 9.11. The number of allylic oxidation sites excluding steroid dienone is 1. The third-order valence-electron chi connectivity index (χ3n) is 5.07. The largest absolute Gasteiger partial charge is 0.495 e. The second-order valence-corrected chi connectivity index (χ2v) is 9.77. The Morgan fingerprint density at radius 1 is 1.19 bits per heavy atom. The van der Waals surface area contributed by atoms with E-state index in [1.54, 1.807) is 24.7 Å². The van der Waals surface area contributed by atoms with Gasteiger partial charge in [-0.25, -0.2) is 9.79 Å². The van der Waals surface area contributed by atoms with Crippen LogP contribution in [0.2, 0.25) is 0 Å². The van der Waals surface area contributed by atoms with Crippen LogP contribution in [0, 0.1) is 0 Å². The molecule has 2 aromatic carbocycles. The Labute approximate surface area is 204 Å². The zero-order valence-electron chi connectivity index (χ0n) is 17.4. The van der Waals surface area contributed by atoms with Crippen LogP contribution in [0.4, 0.5) is 0 Å². The van der Waals surface area contributed by atoms with Crippen LogP contribution in [0.25, 0.3) is 6.08 Å². The molecule has 1 aliphatic rings. The number of nitrogens with zero attached hydrogens (tertiary/aromatic N) is 2. The third kappa shape index (κ3) is 4.00. The van der Waals surface area contributed by atoms with Crippen LogP contribution in [0.5, 0.6) is 5.75 Å². The van der Waals surface area contributed by atoms with Gasteiger partial charge in [0.25, 0.3) is 5.56 Å². The topological polar surface area (TPSA) is 69.9 Å². The molecule has 3 aromatic rings. The maximum absolute atomic E-state index is 13.6. The Morgan fingerprint density at radius 2 is 1.91 bits per heavy atom. The Morgan fingerprint density at radius 3 is 2.56 bits per heavy atom. The van der Waals surface area contributed by atoms with Gasteiger partial charge in [-0.1, -0.05) is 57.6 Å². The number of ether oxygens (including phenoxy) is 2. The molecule has 1 aliphatic heterocycles. The van der Waals surface area contributed by atoms with Gasteiger partial charge < -0.3 is 9.47 Å². The van der Waals surface area contributed by atoms with Gasteiger partial charge in [-0.3, -0.25) is 9.36 Å². The second-order valence-electron chi connectivity index (χ2n) is 6.99. The number of hydrogen-bond donors (Lipinski definition) is 0. The molecule has 1 unspecified atom stereocenters. The standard InChI is InChI=1S/C23H18Br2N2O4S/c1-12-18(22(29)31-3)19(13-7-5-4-6-8-13)27-21(28)17(32-23(27)26-12)10-14-9-15(24)11-16(25)20(14)30-2/h4-11,19H,1-3H3. The van der Waals surface area contributed by atoms with Crippen LogP contribution in [-0.4, -0.2) is 24.8 Å². The molecule has 0 spiro atoms. The fourth-order valence-corrected chi connectivity index (χ4v) is 6.15. The molecule has 0 amide bonds. The third-order valence-corrected chi connectivity index (χ3v) is 7.10. The number of esters is 1. The van der Waals surface area contributed by atoms with E-state index in [4.69, 9.17) is 9.47 Å². The van der Waals surface area contributed by atoms with E-state index in [9.17, 15) is 9.59 Å². The molecule has 0 radical (unpaired) electrons. The number of fused-ring (bicyclic) bond motifs is 1. The molecular weight excluding hydrogens is 560 g/mol. The summed E-state index contributed by atoms with van der Waals surface area (Å²) >= 11 is 8.25. The number of carbonyl (C=O) groups is 1. The maximum Gasteiger partial charge on any atom is 0.338 e. The quantitative estimate of drug-likeness (QED) is 0.440. The first-order valence-corrected chi connectivity index (χ1v) is 11.9. The van der Waals surface area contributed by atoms with Crippen molar-refractivity contribution in [3.05, 3.63) is 93.5 Å². The Balaban J connectivity index is 2.00. The van der Waals surface area contributed by atoms with Gasteiger partial charge in [0.2, 0.25) is 0 Å². The van der Waals surface area contributed by atoms with Crippen LogP contribution in [-0.2, 0) is 9.53 Å². The molecule has 0 saturated carbocycles. The summed E-state index contributed by atoms with van der Waals surface area (Å²) in [7, 11) is 2.90. The van der Waals surface area contributed by atoms with E-state index in [0.29, 0.717) is 26.4 Å². The van der Waals surface area contributed by atoms with Gasteiger partial charge in [0.05, 0.1) is 40.5 Å². The van der Waals surface area contributed by atoms with E-state index in [1.807, 2.05) is 42.5 Å². The molecule has 1 aromatic heterocycles. The van der Waals surface area contributed by atoms with E-state index in [-0.39, 0.29) is 5.56 Å². The van der Waals surface area contributed by atoms with E-state index in [2.05, 4.69) is 36.9 Å². The van der Waals surface area contributed by atoms with Gasteiger partial charge in [0.1, 0.15) is 5.75 Å². The van der Waals surface area contributed by atoms with Crippen molar-refractivity contribution in [2.24, 2.45) is 4.99 Å². The number of rotatable bonds is 4. The van der Waals surface area contributed by atoms with Gasteiger partial charge in [-0.15, -0.1) is 0 Å². The van der Waals surface area contributed by atoms with E-state index < -0.39 is 12.0 Å². The zero-order valence-corrected chi connectivity index (χ0v) is 21.4. The van der Waals surface area contributed by atoms with Crippen molar-refractivity contribution in [2.45, 2.75) is 13.0 Å². The lowest BCUT2D eigenvalue weighted by Crippen LogP contribution is -2.39. The molecule has 0 aliphatic carbocycles. The van der Waals surface area contributed by atoms with Gasteiger partial charge in [0, 0.05) is 10.0 Å². The van der Waals surface area contributed by atoms with Gasteiger partial charge in [0.15, 0.2) is 4.80 Å². The first kappa shape index (κ1) is 22.7. The highest BCUT2D eigenvalue weighted by Crippen LogP contribution is 2.33. The number of hydrogen-bond acceptors (Lipinski definition) is 6. The molecule has 6 nitrogen and oxygen atoms in total. The summed E-state index contributed by atoms with van der Waals surface area (Å²) in [6.07, 6.45) is 1.78. The number of methoxy groups -OCH3 is 2. The lowest BCUT2D eigenvalue weighted by atomic mass is 9.96.